The standard InChI is InChI=1S/C36H25NO9S/c1-3-4-5-8-15-13-18-22(16-9-6-7-10-21(16)47)17-11-12-36(28(17)32(42)23(18)35(45)37-15)33(43)26-27(34(36)44)31(41)25-24(30(26)40)19(38)14-20(46-2)29(25)39/h3-9,13-14,40-42H,10-12H2,1-2H3,(H,37,45)/b4-3+,8-5+/t36-/m0/s1. The second kappa shape index (κ2) is 10.4. The Balaban J connectivity index is 1.56. The van der Waals surface area contributed by atoms with Gasteiger partial charge in [-0.05, 0) is 48.6 Å². The zero-order chi connectivity index (χ0) is 33.5. The molecule has 4 aliphatic carbocycles. The average Bonchev–Trinajstić information content (AvgIpc) is 3.54. The summed E-state index contributed by atoms with van der Waals surface area (Å²) in [5.41, 5.74) is -3.68. The first kappa shape index (κ1) is 30.0. The summed E-state index contributed by atoms with van der Waals surface area (Å²) in [5, 5.41) is 34.8. The minimum atomic E-state index is -2.18. The van der Waals surface area contributed by atoms with E-state index in [1.807, 2.05) is 19.1 Å². The molecule has 0 unspecified atom stereocenters. The highest BCUT2D eigenvalue weighted by Crippen LogP contribution is 2.58. The van der Waals surface area contributed by atoms with Gasteiger partial charge in [0.15, 0.2) is 23.1 Å². The molecule has 1 atom stereocenters. The number of phenols is 3. The number of phenolic OH excluding ortho intramolecular Hbond substituents is 3. The number of aromatic amines is 1. The van der Waals surface area contributed by atoms with Crippen molar-refractivity contribution in [2.75, 3.05) is 7.11 Å². The average molecular weight is 648 g/mol. The number of rotatable bonds is 4. The Kier molecular flexibility index (Phi) is 6.66. The van der Waals surface area contributed by atoms with E-state index in [1.54, 1.807) is 36.4 Å². The Morgan fingerprint density at radius 1 is 0.936 bits per heavy atom. The van der Waals surface area contributed by atoms with Crippen molar-refractivity contribution in [2.24, 2.45) is 0 Å². The molecule has 0 fully saturated rings. The summed E-state index contributed by atoms with van der Waals surface area (Å²) in [5.74, 6) is -6.73. The van der Waals surface area contributed by atoms with Crippen LogP contribution in [0.15, 0.2) is 59.2 Å². The molecule has 0 radical (unpaired) electrons. The number of benzene rings is 2. The maximum Gasteiger partial charge on any atom is 0.260 e. The summed E-state index contributed by atoms with van der Waals surface area (Å²) in [6, 6.07) is 1.69. The molecule has 0 saturated heterocycles. The van der Waals surface area contributed by atoms with Gasteiger partial charge in [0.25, 0.3) is 5.56 Å². The van der Waals surface area contributed by atoms with Crippen molar-refractivity contribution in [1.29, 1.82) is 0 Å². The number of H-pyrrole nitrogens is 1. The number of aromatic nitrogens is 1. The van der Waals surface area contributed by atoms with Crippen LogP contribution in [0.2, 0.25) is 0 Å². The number of allylic oxidation sites excluding steroid dienone is 9. The van der Waals surface area contributed by atoms with Gasteiger partial charge in [-0.2, -0.15) is 0 Å². The predicted molar refractivity (Wildman–Crippen MR) is 177 cm³/mol. The van der Waals surface area contributed by atoms with E-state index in [1.165, 1.54) is 0 Å². The highest BCUT2D eigenvalue weighted by molar-refractivity contribution is 7.81. The number of pyridine rings is 1. The van der Waals surface area contributed by atoms with E-state index >= 15 is 0 Å². The number of aromatic hydroxyl groups is 3. The van der Waals surface area contributed by atoms with Crippen LogP contribution in [0.5, 0.6) is 17.2 Å². The number of hydrogen-bond acceptors (Lipinski definition) is 10. The first-order valence-corrected chi connectivity index (χ1v) is 15.1. The van der Waals surface area contributed by atoms with Crippen LogP contribution < -0.4 is 5.56 Å². The van der Waals surface area contributed by atoms with Gasteiger partial charge in [-0.1, -0.05) is 48.7 Å². The highest BCUT2D eigenvalue weighted by atomic mass is 32.1. The Labute approximate surface area is 271 Å². The van der Waals surface area contributed by atoms with E-state index in [-0.39, 0.29) is 23.8 Å². The minimum absolute atomic E-state index is 0.0777. The normalized spacial score (nSPS) is 20.1. The molecule has 4 aliphatic rings. The molecule has 10 nitrogen and oxygen atoms in total. The summed E-state index contributed by atoms with van der Waals surface area (Å²) >= 11 is 5.72. The summed E-state index contributed by atoms with van der Waals surface area (Å²) in [6.07, 6.45) is 13.6. The first-order chi connectivity index (χ1) is 22.5. The van der Waals surface area contributed by atoms with Gasteiger partial charge >= 0.3 is 0 Å². The number of Topliss-reactive ketones (excluding diaryl/α,β-unsaturated/α-hetero) is 3. The van der Waals surface area contributed by atoms with Crippen LogP contribution in [0.3, 0.4) is 0 Å². The number of hydrogen-bond donors (Lipinski definition) is 4. The molecule has 4 N–H and O–H groups in total. The Hall–Kier alpha value is -5.68. The van der Waals surface area contributed by atoms with Crippen molar-refractivity contribution in [1.82, 2.24) is 4.98 Å². The fourth-order valence-corrected chi connectivity index (χ4v) is 7.56. The molecule has 1 aromatic heterocycles. The molecule has 2 aromatic carbocycles. The molecule has 0 amide bonds. The van der Waals surface area contributed by atoms with Gasteiger partial charge in [-0.25, -0.2) is 0 Å². The van der Waals surface area contributed by atoms with Gasteiger partial charge in [0.1, 0.15) is 22.7 Å². The van der Waals surface area contributed by atoms with Gasteiger partial charge in [-0.3, -0.25) is 24.0 Å². The highest BCUT2D eigenvalue weighted by Gasteiger charge is 2.62. The van der Waals surface area contributed by atoms with Crippen molar-refractivity contribution in [3.63, 3.8) is 0 Å². The maximum atomic E-state index is 14.5. The van der Waals surface area contributed by atoms with E-state index in [0.29, 0.717) is 39.1 Å². The number of fused-ring (bicyclic) bond motifs is 5. The van der Waals surface area contributed by atoms with E-state index in [2.05, 4.69) is 4.98 Å². The van der Waals surface area contributed by atoms with Gasteiger partial charge in [0.05, 0.1) is 34.7 Å². The Bertz CT molecular complexity index is 2310. The van der Waals surface area contributed by atoms with E-state index in [0.717, 1.165) is 13.2 Å². The molecule has 11 heteroatoms. The van der Waals surface area contributed by atoms with Crippen LogP contribution in [-0.4, -0.2) is 55.4 Å². The molecule has 0 bridgehead atoms. The first-order valence-electron chi connectivity index (χ1n) is 14.7. The lowest BCUT2D eigenvalue weighted by Gasteiger charge is -2.25. The fourth-order valence-electron chi connectivity index (χ4n) is 7.29. The molecular weight excluding hydrogens is 622 g/mol. The lowest BCUT2D eigenvalue weighted by atomic mass is 9.75. The van der Waals surface area contributed by atoms with Crippen LogP contribution in [0.1, 0.15) is 83.6 Å². The van der Waals surface area contributed by atoms with E-state index in [9.17, 15) is 39.3 Å². The third kappa shape index (κ3) is 3.83. The predicted octanol–water partition coefficient (Wildman–Crippen LogP) is 5.12. The lowest BCUT2D eigenvalue weighted by Crippen LogP contribution is -2.36. The van der Waals surface area contributed by atoms with Crippen molar-refractivity contribution in [2.45, 2.75) is 31.6 Å². The summed E-state index contributed by atoms with van der Waals surface area (Å²) in [7, 11) is 1.14. The van der Waals surface area contributed by atoms with Crippen molar-refractivity contribution < 1.29 is 39.2 Å². The van der Waals surface area contributed by atoms with Gasteiger partial charge in [0.2, 0.25) is 5.78 Å². The molecule has 7 rings (SSSR count). The SMILES string of the molecule is C/C=C/C=C/c1cc2c(C3=CC=CCC3=S)c3c(c(O)c2c(=O)[nH]1)[C@@]1(CC3)C(=O)c2c(O)c3c(c(O)c2C1=O)C(=O)C(OC)=CC3=O. The third-order valence-corrected chi connectivity index (χ3v) is 9.67. The number of carbonyl (C=O) groups is 4. The van der Waals surface area contributed by atoms with Gasteiger partial charge in [-0.15, -0.1) is 0 Å². The number of carbonyl (C=O) groups excluding carboxylic acids is 4. The third-order valence-electron chi connectivity index (χ3n) is 9.28. The molecule has 0 saturated carbocycles. The largest absolute Gasteiger partial charge is 0.507 e. The fraction of sp³-hybridized carbons (Fsp3) is 0.167. The molecule has 1 spiro atoms. The smallest absolute Gasteiger partial charge is 0.260 e. The van der Waals surface area contributed by atoms with Crippen LogP contribution in [-0.2, 0) is 16.6 Å². The van der Waals surface area contributed by atoms with Crippen LogP contribution >= 0.6 is 12.2 Å². The molecule has 3 aromatic rings. The Morgan fingerprint density at radius 2 is 1.64 bits per heavy atom. The molecule has 0 aliphatic heterocycles. The van der Waals surface area contributed by atoms with Crippen molar-refractivity contribution in [3.8, 4) is 17.2 Å². The molecular formula is C36H25NO9S. The zero-order valence-electron chi connectivity index (χ0n) is 25.0. The monoisotopic (exact) mass is 647 g/mol. The Morgan fingerprint density at radius 3 is 2.30 bits per heavy atom. The van der Waals surface area contributed by atoms with Crippen molar-refractivity contribution in [3.05, 3.63) is 109 Å². The quantitative estimate of drug-likeness (QED) is 0.129. The number of methoxy groups -OCH3 is 1. The number of thiocarbonyl (C=S) groups is 1. The van der Waals surface area contributed by atoms with E-state index in [4.69, 9.17) is 17.0 Å². The van der Waals surface area contributed by atoms with E-state index < -0.39 is 79.4 Å². The van der Waals surface area contributed by atoms with Crippen molar-refractivity contribution >= 4 is 62.6 Å². The van der Waals surface area contributed by atoms with Gasteiger partial charge in [0, 0.05) is 34.0 Å². The summed E-state index contributed by atoms with van der Waals surface area (Å²) in [6.45, 7) is 1.84. The van der Waals surface area contributed by atoms with Gasteiger partial charge < -0.3 is 25.0 Å². The second-order valence-corrected chi connectivity index (χ2v) is 12.1. The number of ketones is 4. The number of ether oxygens (including phenoxy) is 1. The number of nitrogens with one attached hydrogen (secondary N) is 1. The summed E-state index contributed by atoms with van der Waals surface area (Å²) < 4.78 is 4.97. The molecule has 234 valence electrons. The topological polar surface area (TPSA) is 171 Å². The minimum Gasteiger partial charge on any atom is -0.507 e. The lowest BCUT2D eigenvalue weighted by molar-refractivity contribution is 0.0790. The van der Waals surface area contributed by atoms with Crippen LogP contribution in [0.25, 0.3) is 22.4 Å². The maximum absolute atomic E-state index is 14.5. The van der Waals surface area contributed by atoms with Crippen LogP contribution in [0.4, 0.5) is 0 Å². The zero-order valence-corrected chi connectivity index (χ0v) is 25.8. The van der Waals surface area contributed by atoms with Crippen LogP contribution in [0, 0.1) is 0 Å². The summed E-state index contributed by atoms with van der Waals surface area (Å²) in [4.78, 5) is 72.1. The second-order valence-electron chi connectivity index (χ2n) is 11.6. The molecule has 1 heterocycles. The molecule has 47 heavy (non-hydrogen) atoms.